The predicted molar refractivity (Wildman–Crippen MR) is 73.5 cm³/mol. The van der Waals surface area contributed by atoms with Gasteiger partial charge in [-0.15, -0.1) is 0 Å². The molecule has 0 amide bonds. The zero-order chi connectivity index (χ0) is 16.8. The molecule has 23 heavy (non-hydrogen) atoms. The van der Waals surface area contributed by atoms with E-state index in [1.165, 1.54) is 0 Å². The van der Waals surface area contributed by atoms with Gasteiger partial charge in [-0.2, -0.15) is 0 Å². The summed E-state index contributed by atoms with van der Waals surface area (Å²) in [6.45, 7) is 0. The van der Waals surface area contributed by atoms with Gasteiger partial charge in [-0.25, -0.2) is 14.4 Å². The molecule has 1 unspecified atom stereocenters. The molecule has 0 N–H and O–H groups in total. The van der Waals surface area contributed by atoms with Gasteiger partial charge < -0.3 is 14.7 Å². The van der Waals surface area contributed by atoms with Crippen LogP contribution in [0.1, 0.15) is 6.42 Å². The molecule has 0 saturated carbocycles. The van der Waals surface area contributed by atoms with Crippen molar-refractivity contribution in [1.82, 2.24) is 5.17 Å². The van der Waals surface area contributed by atoms with Gasteiger partial charge in [0.15, 0.2) is 0 Å². The number of hydroxylamine groups is 1. The number of carbonyl (C=O) groups excluding carboxylic acids is 3. The highest BCUT2D eigenvalue weighted by atomic mass is 16.8. The van der Waals surface area contributed by atoms with Crippen LogP contribution < -0.4 is 0 Å². The van der Waals surface area contributed by atoms with E-state index in [0.29, 0.717) is 5.17 Å². The summed E-state index contributed by atoms with van der Waals surface area (Å²) in [5.41, 5.74) is -2.85. The fourth-order valence-corrected chi connectivity index (χ4v) is 3.15. The van der Waals surface area contributed by atoms with Crippen LogP contribution in [-0.4, -0.2) is 59.3 Å². The first-order valence-corrected chi connectivity index (χ1v) is 6.86. The van der Waals surface area contributed by atoms with Crippen molar-refractivity contribution in [3.63, 3.8) is 0 Å². The zero-order valence-corrected chi connectivity index (χ0v) is 12.4. The van der Waals surface area contributed by atoms with Crippen LogP contribution in [0, 0.1) is 11.1 Å². The van der Waals surface area contributed by atoms with Gasteiger partial charge in [0, 0.05) is 5.92 Å². The minimum absolute atomic E-state index is 0.0305. The first-order chi connectivity index (χ1) is 11.0. The van der Waals surface area contributed by atoms with Crippen molar-refractivity contribution in [2.45, 2.75) is 18.1 Å². The highest BCUT2D eigenvalue weighted by molar-refractivity contribution is 6.66. The third-order valence-electron chi connectivity index (χ3n) is 4.19. The summed E-state index contributed by atoms with van der Waals surface area (Å²) in [5.74, 6) is -3.79. The summed E-state index contributed by atoms with van der Waals surface area (Å²) in [6.07, 6.45) is 6.44. The Bertz CT molecular complexity index is 681. The lowest BCUT2D eigenvalue weighted by Crippen LogP contribution is -2.59. The fourth-order valence-electron chi connectivity index (χ4n) is 3.15. The number of ketones is 1. The quantitative estimate of drug-likeness (QED) is 0.283. The molecule has 0 radical (unpaired) electrons. The number of hydrogen-bond donors (Lipinski definition) is 0. The predicted octanol–water partition coefficient (Wildman–Crippen LogP) is -0.732. The van der Waals surface area contributed by atoms with Gasteiger partial charge in [-0.05, 0) is 16.4 Å². The number of fused-ring (bicyclic) bond motifs is 3. The lowest BCUT2D eigenvalue weighted by Gasteiger charge is -2.26. The number of hydrogen-bond acceptors (Lipinski definition) is 8. The smallest absolute Gasteiger partial charge is 0.411 e. The number of rotatable bonds is 2. The molecular formula is C14H14N2O7. The number of carbonyl (C=O) groups is 3. The van der Waals surface area contributed by atoms with Crippen molar-refractivity contribution in [3.05, 3.63) is 29.5 Å². The molecule has 1 fully saturated rings. The van der Waals surface area contributed by atoms with E-state index < -0.39 is 41.0 Å². The molecule has 9 nitrogen and oxygen atoms in total. The van der Waals surface area contributed by atoms with E-state index in [1.54, 1.807) is 24.3 Å². The van der Waals surface area contributed by atoms with Crippen molar-refractivity contribution < 1.29 is 33.5 Å². The molecule has 3 rings (SSSR count). The second-order valence-corrected chi connectivity index (χ2v) is 5.20. The molecule has 0 bridgehead atoms. The molecule has 1 saturated heterocycles. The SMILES string of the molecule is COC(=O)C1=[N+]([O-])N2O[C@@H]3C=CC=CC[C@@H]3C2(C(=O)OC)C1=O. The number of allylic oxidation sites excluding steroid dienone is 3. The number of hydrazone groups is 1. The van der Waals surface area contributed by atoms with Crippen LogP contribution >= 0.6 is 0 Å². The van der Waals surface area contributed by atoms with Gasteiger partial charge in [0.2, 0.25) is 0 Å². The van der Waals surface area contributed by atoms with Gasteiger partial charge in [0.1, 0.15) is 6.10 Å². The Morgan fingerprint density at radius 2 is 2.13 bits per heavy atom. The van der Waals surface area contributed by atoms with E-state index >= 15 is 0 Å². The molecular weight excluding hydrogens is 308 g/mol. The Morgan fingerprint density at radius 1 is 1.39 bits per heavy atom. The van der Waals surface area contributed by atoms with Crippen LogP contribution in [0.15, 0.2) is 24.3 Å². The van der Waals surface area contributed by atoms with Gasteiger partial charge in [-0.3, -0.25) is 4.79 Å². The number of hydrazine groups is 1. The van der Waals surface area contributed by atoms with Crippen LogP contribution in [-0.2, 0) is 28.7 Å². The number of esters is 2. The molecule has 3 aliphatic rings. The third kappa shape index (κ3) is 1.76. The second kappa shape index (κ2) is 5.20. The molecule has 0 aromatic heterocycles. The van der Waals surface area contributed by atoms with Crippen molar-refractivity contribution in [2.75, 3.05) is 14.2 Å². The molecule has 0 spiro atoms. The Kier molecular flexibility index (Phi) is 3.44. The van der Waals surface area contributed by atoms with E-state index in [0.717, 1.165) is 14.2 Å². The topological polar surface area (TPSA) is 108 Å². The summed E-state index contributed by atoms with van der Waals surface area (Å²) in [6, 6.07) is 0. The maximum Gasteiger partial charge on any atom is 0.411 e. The van der Waals surface area contributed by atoms with E-state index in [1.807, 2.05) is 0 Å². The van der Waals surface area contributed by atoms with Gasteiger partial charge in [-0.1, -0.05) is 24.3 Å². The maximum absolute atomic E-state index is 12.8. The summed E-state index contributed by atoms with van der Waals surface area (Å²) < 4.78 is 9.21. The standard InChI is InChI=1S/C14H14N2O7/c1-21-12(18)10-11(17)14(13(19)22-2)8-6-4-3-5-7-9(8)23-16(14)15(10)20/h3-5,7-9H,6H2,1-2H3/t8-,9+,14?/m0/s1. The van der Waals surface area contributed by atoms with E-state index in [4.69, 9.17) is 9.57 Å². The van der Waals surface area contributed by atoms with Crippen molar-refractivity contribution >= 4 is 23.4 Å². The van der Waals surface area contributed by atoms with Crippen LogP contribution in [0.4, 0.5) is 0 Å². The maximum atomic E-state index is 12.8. The minimum atomic E-state index is -2.04. The molecule has 2 aliphatic heterocycles. The zero-order valence-electron chi connectivity index (χ0n) is 12.4. The number of methoxy groups -OCH3 is 2. The van der Waals surface area contributed by atoms with Crippen LogP contribution in [0.5, 0.6) is 0 Å². The Balaban J connectivity index is 2.17. The first kappa shape index (κ1) is 15.2. The Hall–Kier alpha value is -2.68. The summed E-state index contributed by atoms with van der Waals surface area (Å²) in [4.78, 5) is 42.5. The molecule has 1 aliphatic carbocycles. The average molecular weight is 322 g/mol. The average Bonchev–Trinajstić information content (AvgIpc) is 2.85. The largest absolute Gasteiger partial charge is 0.594 e. The highest BCUT2D eigenvalue weighted by Crippen LogP contribution is 2.45. The van der Waals surface area contributed by atoms with E-state index in [9.17, 15) is 19.6 Å². The van der Waals surface area contributed by atoms with E-state index in [-0.39, 0.29) is 11.3 Å². The van der Waals surface area contributed by atoms with Gasteiger partial charge in [0.25, 0.3) is 11.3 Å². The van der Waals surface area contributed by atoms with Crippen LogP contribution in [0.3, 0.4) is 0 Å². The van der Waals surface area contributed by atoms with Crippen molar-refractivity contribution in [3.8, 4) is 0 Å². The molecule has 0 aromatic rings. The van der Waals surface area contributed by atoms with Gasteiger partial charge in [0.05, 0.1) is 14.2 Å². The normalized spacial score (nSPS) is 31.7. The van der Waals surface area contributed by atoms with Gasteiger partial charge >= 0.3 is 17.7 Å². The van der Waals surface area contributed by atoms with Crippen molar-refractivity contribution in [1.29, 1.82) is 0 Å². The molecule has 9 heteroatoms. The Labute approximate surface area is 130 Å². The second-order valence-electron chi connectivity index (χ2n) is 5.20. The molecule has 3 atom stereocenters. The third-order valence-corrected chi connectivity index (χ3v) is 4.19. The fraction of sp³-hybridized carbons (Fsp3) is 0.429. The Morgan fingerprint density at radius 3 is 2.78 bits per heavy atom. The lowest BCUT2D eigenvalue weighted by molar-refractivity contribution is -0.714. The molecule has 2 heterocycles. The summed E-state index contributed by atoms with van der Waals surface area (Å²) in [7, 11) is 2.13. The first-order valence-electron chi connectivity index (χ1n) is 6.86. The van der Waals surface area contributed by atoms with E-state index in [2.05, 4.69) is 4.74 Å². The highest BCUT2D eigenvalue weighted by Gasteiger charge is 2.76. The van der Waals surface area contributed by atoms with Crippen molar-refractivity contribution in [2.24, 2.45) is 5.92 Å². The number of ether oxygens (including phenoxy) is 2. The number of Topliss-reactive ketones (excluding diaryl/α,β-unsaturated/α-hetero) is 1. The van der Waals surface area contributed by atoms with Crippen LogP contribution in [0.25, 0.3) is 0 Å². The summed E-state index contributed by atoms with van der Waals surface area (Å²) in [5, 5.41) is 13.0. The van der Waals surface area contributed by atoms with Crippen LogP contribution in [0.2, 0.25) is 0 Å². The summed E-state index contributed by atoms with van der Waals surface area (Å²) >= 11 is 0. The number of nitrogens with zero attached hydrogens (tertiary/aromatic N) is 2. The molecule has 122 valence electrons. The lowest BCUT2D eigenvalue weighted by atomic mass is 9.76. The molecule has 0 aromatic carbocycles. The minimum Gasteiger partial charge on any atom is -0.594 e. The monoisotopic (exact) mass is 322 g/mol.